The Bertz CT molecular complexity index is 378. The molecule has 5 heteroatoms. The number of morpholine rings is 1. The van der Waals surface area contributed by atoms with E-state index < -0.39 is 0 Å². The zero-order valence-electron chi connectivity index (χ0n) is 9.98. The molecule has 2 heterocycles. The van der Waals surface area contributed by atoms with Gasteiger partial charge in [0, 0.05) is 25.8 Å². The SMILES string of the molecule is CCNc1ccc(CN2CCOCC2=O)cn1. The lowest BCUT2D eigenvalue weighted by Crippen LogP contribution is -2.40. The first kappa shape index (κ1) is 11.9. The summed E-state index contributed by atoms with van der Waals surface area (Å²) in [5.74, 6) is 0.913. The first-order valence-corrected chi connectivity index (χ1v) is 5.84. The van der Waals surface area contributed by atoms with E-state index in [1.54, 1.807) is 11.1 Å². The van der Waals surface area contributed by atoms with Crippen LogP contribution in [0.5, 0.6) is 0 Å². The van der Waals surface area contributed by atoms with Crippen LogP contribution in [0.4, 0.5) is 5.82 Å². The predicted molar refractivity (Wildman–Crippen MR) is 64.6 cm³/mol. The maximum Gasteiger partial charge on any atom is 0.248 e. The molecule has 1 aromatic heterocycles. The molecule has 1 saturated heterocycles. The Kier molecular flexibility index (Phi) is 3.93. The number of ether oxygens (including phenoxy) is 1. The average molecular weight is 235 g/mol. The molecule has 5 nitrogen and oxygen atoms in total. The van der Waals surface area contributed by atoms with Gasteiger partial charge in [0.2, 0.25) is 5.91 Å². The van der Waals surface area contributed by atoms with E-state index in [1.807, 2.05) is 19.1 Å². The minimum atomic E-state index is 0.0482. The van der Waals surface area contributed by atoms with Crippen molar-refractivity contribution in [3.63, 3.8) is 0 Å². The van der Waals surface area contributed by atoms with Gasteiger partial charge in [-0.3, -0.25) is 4.79 Å². The summed E-state index contributed by atoms with van der Waals surface area (Å²) in [5, 5.41) is 3.14. The van der Waals surface area contributed by atoms with Crippen LogP contribution in [0, 0.1) is 0 Å². The van der Waals surface area contributed by atoms with Gasteiger partial charge in [0.1, 0.15) is 12.4 Å². The molecule has 1 fully saturated rings. The van der Waals surface area contributed by atoms with E-state index in [0.717, 1.165) is 17.9 Å². The second-order valence-corrected chi connectivity index (χ2v) is 3.95. The largest absolute Gasteiger partial charge is 0.370 e. The Labute approximate surface area is 101 Å². The number of pyridine rings is 1. The van der Waals surface area contributed by atoms with Gasteiger partial charge in [-0.1, -0.05) is 6.07 Å². The molecule has 0 radical (unpaired) electrons. The van der Waals surface area contributed by atoms with Gasteiger partial charge < -0.3 is 15.0 Å². The summed E-state index contributed by atoms with van der Waals surface area (Å²) in [6, 6.07) is 3.93. The number of carbonyl (C=O) groups excluding carboxylic acids is 1. The smallest absolute Gasteiger partial charge is 0.248 e. The van der Waals surface area contributed by atoms with Crippen molar-refractivity contribution >= 4 is 11.7 Å². The van der Waals surface area contributed by atoms with E-state index in [0.29, 0.717) is 19.7 Å². The highest BCUT2D eigenvalue weighted by atomic mass is 16.5. The third kappa shape index (κ3) is 3.17. The van der Waals surface area contributed by atoms with Crippen molar-refractivity contribution in [3.8, 4) is 0 Å². The number of anilines is 1. The van der Waals surface area contributed by atoms with E-state index in [2.05, 4.69) is 10.3 Å². The molecule has 0 bridgehead atoms. The molecule has 0 aliphatic carbocycles. The molecule has 0 aromatic carbocycles. The van der Waals surface area contributed by atoms with Crippen LogP contribution in [0.3, 0.4) is 0 Å². The normalized spacial score (nSPS) is 16.1. The number of nitrogens with zero attached hydrogens (tertiary/aromatic N) is 2. The van der Waals surface area contributed by atoms with Gasteiger partial charge in [0.05, 0.1) is 6.61 Å². The van der Waals surface area contributed by atoms with Crippen LogP contribution in [-0.4, -0.2) is 42.1 Å². The molecule has 92 valence electrons. The topological polar surface area (TPSA) is 54.5 Å². The molecular formula is C12H17N3O2. The van der Waals surface area contributed by atoms with Crippen molar-refractivity contribution < 1.29 is 9.53 Å². The Morgan fingerprint density at radius 2 is 2.41 bits per heavy atom. The Morgan fingerprint density at radius 1 is 1.53 bits per heavy atom. The van der Waals surface area contributed by atoms with Gasteiger partial charge in [-0.2, -0.15) is 0 Å². The summed E-state index contributed by atoms with van der Waals surface area (Å²) in [7, 11) is 0. The van der Waals surface area contributed by atoms with Crippen LogP contribution in [0.15, 0.2) is 18.3 Å². The molecule has 0 unspecified atom stereocenters. The van der Waals surface area contributed by atoms with Gasteiger partial charge in [-0.05, 0) is 18.6 Å². The molecule has 1 aromatic rings. The van der Waals surface area contributed by atoms with Gasteiger partial charge >= 0.3 is 0 Å². The predicted octanol–water partition coefficient (Wildman–Crippen LogP) is 0.872. The standard InChI is InChI=1S/C12H17N3O2/c1-2-13-11-4-3-10(7-14-11)8-15-5-6-17-9-12(15)16/h3-4,7H,2,5-6,8-9H2,1H3,(H,13,14). The highest BCUT2D eigenvalue weighted by molar-refractivity contribution is 5.77. The third-order valence-corrected chi connectivity index (χ3v) is 2.64. The first-order valence-electron chi connectivity index (χ1n) is 5.84. The molecule has 0 atom stereocenters. The van der Waals surface area contributed by atoms with Crippen LogP contribution in [0.2, 0.25) is 0 Å². The van der Waals surface area contributed by atoms with Gasteiger partial charge in [-0.15, -0.1) is 0 Å². The molecule has 1 aliphatic heterocycles. The lowest BCUT2D eigenvalue weighted by molar-refractivity contribution is -0.143. The van der Waals surface area contributed by atoms with Crippen molar-refractivity contribution in [1.29, 1.82) is 0 Å². The lowest BCUT2D eigenvalue weighted by Gasteiger charge is -2.26. The molecular weight excluding hydrogens is 218 g/mol. The van der Waals surface area contributed by atoms with E-state index in [4.69, 9.17) is 4.74 Å². The van der Waals surface area contributed by atoms with Crippen molar-refractivity contribution in [2.45, 2.75) is 13.5 Å². The Balaban J connectivity index is 1.95. The molecule has 2 rings (SSSR count). The highest BCUT2D eigenvalue weighted by Crippen LogP contribution is 2.09. The molecule has 1 N–H and O–H groups in total. The van der Waals surface area contributed by atoms with E-state index in [9.17, 15) is 4.79 Å². The fraction of sp³-hybridized carbons (Fsp3) is 0.500. The molecule has 17 heavy (non-hydrogen) atoms. The van der Waals surface area contributed by atoms with E-state index >= 15 is 0 Å². The van der Waals surface area contributed by atoms with Crippen LogP contribution >= 0.6 is 0 Å². The lowest BCUT2D eigenvalue weighted by atomic mass is 10.2. The van der Waals surface area contributed by atoms with Crippen LogP contribution in [0.25, 0.3) is 0 Å². The molecule has 1 amide bonds. The highest BCUT2D eigenvalue weighted by Gasteiger charge is 2.18. The minimum Gasteiger partial charge on any atom is -0.370 e. The van der Waals surface area contributed by atoms with Crippen molar-refractivity contribution in [2.75, 3.05) is 31.6 Å². The number of hydrogen-bond donors (Lipinski definition) is 1. The monoisotopic (exact) mass is 235 g/mol. The summed E-state index contributed by atoms with van der Waals surface area (Å²) in [4.78, 5) is 17.6. The molecule has 0 saturated carbocycles. The number of hydrogen-bond acceptors (Lipinski definition) is 4. The third-order valence-electron chi connectivity index (χ3n) is 2.64. The molecule has 0 spiro atoms. The Morgan fingerprint density at radius 3 is 3.06 bits per heavy atom. The number of rotatable bonds is 4. The zero-order valence-corrected chi connectivity index (χ0v) is 9.98. The van der Waals surface area contributed by atoms with Crippen molar-refractivity contribution in [3.05, 3.63) is 23.9 Å². The van der Waals surface area contributed by atoms with Gasteiger partial charge in [0.15, 0.2) is 0 Å². The number of carbonyl (C=O) groups is 1. The number of aromatic nitrogens is 1. The fourth-order valence-electron chi connectivity index (χ4n) is 1.74. The van der Waals surface area contributed by atoms with Gasteiger partial charge in [0.25, 0.3) is 0 Å². The van der Waals surface area contributed by atoms with E-state index in [-0.39, 0.29) is 12.5 Å². The fourth-order valence-corrected chi connectivity index (χ4v) is 1.74. The Hall–Kier alpha value is -1.62. The summed E-state index contributed by atoms with van der Waals surface area (Å²) >= 11 is 0. The average Bonchev–Trinajstić information content (AvgIpc) is 2.35. The van der Waals surface area contributed by atoms with Crippen LogP contribution in [-0.2, 0) is 16.1 Å². The molecule has 1 aliphatic rings. The summed E-state index contributed by atoms with van der Waals surface area (Å²) in [5.41, 5.74) is 1.04. The van der Waals surface area contributed by atoms with E-state index in [1.165, 1.54) is 0 Å². The first-order chi connectivity index (χ1) is 8.29. The maximum atomic E-state index is 11.5. The number of nitrogens with one attached hydrogen (secondary N) is 1. The van der Waals surface area contributed by atoms with Crippen LogP contribution in [0.1, 0.15) is 12.5 Å². The van der Waals surface area contributed by atoms with Crippen molar-refractivity contribution in [1.82, 2.24) is 9.88 Å². The van der Waals surface area contributed by atoms with Gasteiger partial charge in [-0.25, -0.2) is 4.98 Å². The number of amides is 1. The second-order valence-electron chi connectivity index (χ2n) is 3.95. The summed E-state index contributed by atoms with van der Waals surface area (Å²) in [6.45, 7) is 4.98. The maximum absolute atomic E-state index is 11.5. The second kappa shape index (κ2) is 5.63. The quantitative estimate of drug-likeness (QED) is 0.841. The summed E-state index contributed by atoms with van der Waals surface area (Å²) in [6.07, 6.45) is 1.81. The van der Waals surface area contributed by atoms with Crippen LogP contribution < -0.4 is 5.32 Å². The summed E-state index contributed by atoms with van der Waals surface area (Å²) < 4.78 is 5.08. The van der Waals surface area contributed by atoms with Crippen molar-refractivity contribution in [2.24, 2.45) is 0 Å². The zero-order chi connectivity index (χ0) is 12.1. The minimum absolute atomic E-state index is 0.0482.